The molecule has 1 heterocycles. The zero-order valence-corrected chi connectivity index (χ0v) is 12.2. The van der Waals surface area contributed by atoms with E-state index in [0.717, 1.165) is 25.1 Å². The lowest BCUT2D eigenvalue weighted by Crippen LogP contribution is -2.41. The Kier molecular flexibility index (Phi) is 4.91. The monoisotopic (exact) mass is 278 g/mol. The molecule has 1 aromatic carbocycles. The molecular weight excluding hydrogens is 256 g/mol. The fraction of sp³-hybridized carbons (Fsp3) is 0.533. The normalized spacial score (nSPS) is 20.4. The molecule has 0 saturated carbocycles. The molecule has 104 valence electrons. The van der Waals surface area contributed by atoms with E-state index >= 15 is 0 Å². The Bertz CT molecular complexity index is 461. The second-order valence-electron chi connectivity index (χ2n) is 5.31. The Morgan fingerprint density at radius 3 is 2.89 bits per heavy atom. The van der Waals surface area contributed by atoms with Crippen molar-refractivity contribution >= 4 is 17.2 Å². The van der Waals surface area contributed by atoms with Crippen molar-refractivity contribution in [3.63, 3.8) is 0 Å². The van der Waals surface area contributed by atoms with Crippen molar-refractivity contribution in [1.29, 1.82) is 0 Å². The number of benzene rings is 1. The molecule has 3 N–H and O–H groups in total. The van der Waals surface area contributed by atoms with Crippen LogP contribution in [0.2, 0.25) is 0 Å². The van der Waals surface area contributed by atoms with Crippen molar-refractivity contribution in [1.82, 2.24) is 4.90 Å². The van der Waals surface area contributed by atoms with Gasteiger partial charge in [0.1, 0.15) is 4.99 Å². The van der Waals surface area contributed by atoms with Crippen LogP contribution in [0, 0.1) is 6.92 Å². The lowest BCUT2D eigenvalue weighted by molar-refractivity contribution is 0.0840. The summed E-state index contributed by atoms with van der Waals surface area (Å²) in [5, 5.41) is 9.45. The van der Waals surface area contributed by atoms with Crippen molar-refractivity contribution in [3.05, 3.63) is 34.9 Å². The van der Waals surface area contributed by atoms with E-state index in [1.807, 2.05) is 6.07 Å². The number of nitrogens with two attached hydrogens (primary N) is 1. The molecular formula is C15H22N2OS. The van der Waals surface area contributed by atoms with Gasteiger partial charge in [0, 0.05) is 18.2 Å². The first-order valence-electron chi connectivity index (χ1n) is 6.86. The standard InChI is InChI=1S/C15H22N2OS/c1-11-8-12(15(16)19)5-6-13(11)9-17-7-3-2-4-14(17)10-18/h5-6,8,14,18H,2-4,7,9-10H2,1H3,(H2,16,19). The van der Waals surface area contributed by atoms with Gasteiger partial charge in [-0.15, -0.1) is 0 Å². The van der Waals surface area contributed by atoms with Crippen molar-refractivity contribution in [2.75, 3.05) is 13.2 Å². The minimum Gasteiger partial charge on any atom is -0.395 e. The number of hydrogen-bond acceptors (Lipinski definition) is 3. The van der Waals surface area contributed by atoms with Gasteiger partial charge in [0.15, 0.2) is 0 Å². The van der Waals surface area contributed by atoms with Crippen LogP contribution in [-0.2, 0) is 6.54 Å². The Hall–Kier alpha value is -0.970. The molecule has 4 heteroatoms. The number of piperidine rings is 1. The third-order valence-corrected chi connectivity index (χ3v) is 4.20. The first-order valence-corrected chi connectivity index (χ1v) is 7.27. The molecule has 0 spiro atoms. The predicted octanol–water partition coefficient (Wildman–Crippen LogP) is 1.98. The van der Waals surface area contributed by atoms with E-state index in [1.165, 1.54) is 24.0 Å². The highest BCUT2D eigenvalue weighted by Crippen LogP contribution is 2.21. The number of hydrogen-bond donors (Lipinski definition) is 2. The molecule has 1 aliphatic heterocycles. The molecule has 3 nitrogen and oxygen atoms in total. The predicted molar refractivity (Wildman–Crippen MR) is 82.2 cm³/mol. The van der Waals surface area contributed by atoms with Crippen LogP contribution in [0.15, 0.2) is 18.2 Å². The number of nitrogens with zero attached hydrogens (tertiary/aromatic N) is 1. The molecule has 1 saturated heterocycles. The van der Waals surface area contributed by atoms with Crippen LogP contribution in [0.3, 0.4) is 0 Å². The number of aliphatic hydroxyl groups excluding tert-OH is 1. The number of thiocarbonyl (C=S) groups is 1. The third-order valence-electron chi connectivity index (χ3n) is 3.96. The van der Waals surface area contributed by atoms with Crippen LogP contribution in [0.25, 0.3) is 0 Å². The van der Waals surface area contributed by atoms with E-state index in [9.17, 15) is 5.11 Å². The number of likely N-dealkylation sites (tertiary alicyclic amines) is 1. The van der Waals surface area contributed by atoms with Gasteiger partial charge in [-0.1, -0.05) is 30.8 Å². The summed E-state index contributed by atoms with van der Waals surface area (Å²) in [6, 6.07) is 6.45. The van der Waals surface area contributed by atoms with Crippen molar-refractivity contribution in [2.45, 2.75) is 38.8 Å². The highest BCUT2D eigenvalue weighted by molar-refractivity contribution is 7.80. The second-order valence-corrected chi connectivity index (χ2v) is 5.75. The largest absolute Gasteiger partial charge is 0.395 e. The van der Waals surface area contributed by atoms with E-state index in [-0.39, 0.29) is 6.61 Å². The highest BCUT2D eigenvalue weighted by Gasteiger charge is 2.21. The average molecular weight is 278 g/mol. The molecule has 1 aromatic rings. The van der Waals surface area contributed by atoms with E-state index < -0.39 is 0 Å². The molecule has 0 amide bonds. The van der Waals surface area contributed by atoms with Crippen LogP contribution in [0.4, 0.5) is 0 Å². The Balaban J connectivity index is 2.11. The van der Waals surface area contributed by atoms with Gasteiger partial charge in [-0.05, 0) is 43.5 Å². The Morgan fingerprint density at radius 2 is 2.26 bits per heavy atom. The van der Waals surface area contributed by atoms with E-state index in [4.69, 9.17) is 18.0 Å². The van der Waals surface area contributed by atoms with Gasteiger partial charge in [0.05, 0.1) is 6.61 Å². The lowest BCUT2D eigenvalue weighted by Gasteiger charge is -2.34. The van der Waals surface area contributed by atoms with Gasteiger partial charge in [0.25, 0.3) is 0 Å². The molecule has 1 unspecified atom stereocenters. The van der Waals surface area contributed by atoms with Crippen LogP contribution in [-0.4, -0.2) is 34.2 Å². The van der Waals surface area contributed by atoms with Crippen molar-refractivity contribution in [2.24, 2.45) is 5.73 Å². The molecule has 0 aliphatic carbocycles. The maximum Gasteiger partial charge on any atom is 0.103 e. The smallest absolute Gasteiger partial charge is 0.103 e. The van der Waals surface area contributed by atoms with Gasteiger partial charge < -0.3 is 10.8 Å². The lowest BCUT2D eigenvalue weighted by atomic mass is 9.99. The van der Waals surface area contributed by atoms with Crippen LogP contribution in [0.1, 0.15) is 36.0 Å². The van der Waals surface area contributed by atoms with Gasteiger partial charge >= 0.3 is 0 Å². The van der Waals surface area contributed by atoms with Crippen LogP contribution < -0.4 is 5.73 Å². The summed E-state index contributed by atoms with van der Waals surface area (Å²) in [5.74, 6) is 0. The SMILES string of the molecule is Cc1cc(C(N)=S)ccc1CN1CCCCC1CO. The molecule has 1 aliphatic rings. The first-order chi connectivity index (χ1) is 9.11. The summed E-state index contributed by atoms with van der Waals surface area (Å²) in [6.07, 6.45) is 3.54. The average Bonchev–Trinajstić information content (AvgIpc) is 2.41. The van der Waals surface area contributed by atoms with Gasteiger partial charge in [-0.25, -0.2) is 0 Å². The molecule has 0 aromatic heterocycles. The molecule has 19 heavy (non-hydrogen) atoms. The summed E-state index contributed by atoms with van der Waals surface area (Å²) in [7, 11) is 0. The maximum atomic E-state index is 9.45. The first kappa shape index (κ1) is 14.4. The zero-order chi connectivity index (χ0) is 13.8. The van der Waals surface area contributed by atoms with Gasteiger partial charge in [-0.2, -0.15) is 0 Å². The summed E-state index contributed by atoms with van der Waals surface area (Å²) in [4.78, 5) is 2.83. The number of rotatable bonds is 4. The summed E-state index contributed by atoms with van der Waals surface area (Å²) in [6.45, 7) is 4.31. The fourth-order valence-electron chi connectivity index (χ4n) is 2.72. The second kappa shape index (κ2) is 6.46. The highest BCUT2D eigenvalue weighted by atomic mass is 32.1. The van der Waals surface area contributed by atoms with Crippen molar-refractivity contribution < 1.29 is 5.11 Å². The number of aliphatic hydroxyl groups is 1. The Labute approximate surface area is 120 Å². The third kappa shape index (κ3) is 3.53. The topological polar surface area (TPSA) is 49.5 Å². The molecule has 0 radical (unpaired) electrons. The van der Waals surface area contributed by atoms with Gasteiger partial charge in [0.2, 0.25) is 0 Å². The summed E-state index contributed by atoms with van der Waals surface area (Å²) >= 11 is 5.00. The summed E-state index contributed by atoms with van der Waals surface area (Å²) in [5.41, 5.74) is 9.08. The minimum atomic E-state index is 0.254. The molecule has 2 rings (SSSR count). The Morgan fingerprint density at radius 1 is 1.47 bits per heavy atom. The maximum absolute atomic E-state index is 9.45. The molecule has 1 atom stereocenters. The summed E-state index contributed by atoms with van der Waals surface area (Å²) < 4.78 is 0. The van der Waals surface area contributed by atoms with Gasteiger partial charge in [-0.3, -0.25) is 4.90 Å². The molecule has 0 bridgehead atoms. The quantitative estimate of drug-likeness (QED) is 0.827. The minimum absolute atomic E-state index is 0.254. The molecule has 1 fully saturated rings. The zero-order valence-electron chi connectivity index (χ0n) is 11.4. The van der Waals surface area contributed by atoms with E-state index in [0.29, 0.717) is 11.0 Å². The fourth-order valence-corrected chi connectivity index (χ4v) is 2.85. The van der Waals surface area contributed by atoms with Crippen LogP contribution >= 0.6 is 12.2 Å². The van der Waals surface area contributed by atoms with Crippen molar-refractivity contribution in [3.8, 4) is 0 Å². The number of aryl methyl sites for hydroxylation is 1. The van der Waals surface area contributed by atoms with E-state index in [1.54, 1.807) is 0 Å². The van der Waals surface area contributed by atoms with E-state index in [2.05, 4.69) is 24.0 Å². The van der Waals surface area contributed by atoms with Crippen LogP contribution in [0.5, 0.6) is 0 Å².